The number of amides is 1. The van der Waals surface area contributed by atoms with Gasteiger partial charge in [-0.2, -0.15) is 0 Å². The molecule has 1 N–H and O–H groups in total. The molecule has 1 aliphatic heterocycles. The van der Waals surface area contributed by atoms with E-state index in [0.29, 0.717) is 33.5 Å². The van der Waals surface area contributed by atoms with E-state index in [1.165, 1.54) is 56.9 Å². The van der Waals surface area contributed by atoms with Crippen molar-refractivity contribution in [3.05, 3.63) is 57.2 Å². The summed E-state index contributed by atoms with van der Waals surface area (Å²) in [6.45, 7) is 0. The number of benzene rings is 2. The Kier molecular flexibility index (Phi) is 6.07. The molecule has 168 valence electrons. The highest BCUT2D eigenvalue weighted by atomic mass is 35.5. The summed E-state index contributed by atoms with van der Waals surface area (Å²) >= 11 is 7.18. The summed E-state index contributed by atoms with van der Waals surface area (Å²) in [6.07, 6.45) is 0.139. The monoisotopic (exact) mass is 493 g/mol. The average Bonchev–Trinajstić information content (AvgIpc) is 3.22. The summed E-state index contributed by atoms with van der Waals surface area (Å²) in [5, 5.41) is 4.74. The first kappa shape index (κ1) is 22.4. The van der Waals surface area contributed by atoms with Gasteiger partial charge in [0, 0.05) is 33.2 Å². The summed E-state index contributed by atoms with van der Waals surface area (Å²) in [4.78, 5) is 13.5. The van der Waals surface area contributed by atoms with E-state index in [1.807, 2.05) is 0 Å². The van der Waals surface area contributed by atoms with Gasteiger partial charge in [0.2, 0.25) is 21.5 Å². The van der Waals surface area contributed by atoms with Gasteiger partial charge in [-0.1, -0.05) is 17.7 Å². The summed E-state index contributed by atoms with van der Waals surface area (Å²) in [6, 6.07) is 9.47. The molecule has 0 aliphatic carbocycles. The summed E-state index contributed by atoms with van der Waals surface area (Å²) in [5.74, 6) is 0.641. The minimum atomic E-state index is -3.86. The summed E-state index contributed by atoms with van der Waals surface area (Å²) < 4.78 is 43.0. The Bertz CT molecular complexity index is 1280. The van der Waals surface area contributed by atoms with Crippen LogP contribution in [0.3, 0.4) is 0 Å². The molecule has 0 saturated carbocycles. The molecule has 2 aromatic carbocycles. The largest absolute Gasteiger partial charge is 0.493 e. The van der Waals surface area contributed by atoms with Crippen LogP contribution >= 0.6 is 22.9 Å². The third-order valence-electron chi connectivity index (χ3n) is 5.28. The highest BCUT2D eigenvalue weighted by Crippen LogP contribution is 2.51. The van der Waals surface area contributed by atoms with Crippen molar-refractivity contribution >= 4 is 44.4 Å². The average molecular weight is 494 g/mol. The summed E-state index contributed by atoms with van der Waals surface area (Å²) in [7, 11) is 0.678. The highest BCUT2D eigenvalue weighted by Gasteiger charge is 2.36. The highest BCUT2D eigenvalue weighted by molar-refractivity contribution is 7.91. The van der Waals surface area contributed by atoms with Crippen LogP contribution in [0.15, 0.2) is 51.6 Å². The maximum Gasteiger partial charge on any atom is 0.225 e. The quantitative estimate of drug-likeness (QED) is 0.533. The Morgan fingerprint density at radius 1 is 1.00 bits per heavy atom. The molecule has 1 aromatic heterocycles. The number of anilines is 1. The number of methoxy groups -OCH3 is 3. The van der Waals surface area contributed by atoms with Gasteiger partial charge in [-0.05, 0) is 30.3 Å². The van der Waals surface area contributed by atoms with Crippen LogP contribution in [-0.4, -0.2) is 35.7 Å². The second-order valence-electron chi connectivity index (χ2n) is 7.02. The molecule has 2 heterocycles. The van der Waals surface area contributed by atoms with Gasteiger partial charge >= 0.3 is 0 Å². The van der Waals surface area contributed by atoms with Crippen molar-refractivity contribution in [2.75, 3.05) is 26.6 Å². The van der Waals surface area contributed by atoms with Gasteiger partial charge in [-0.15, -0.1) is 11.3 Å². The van der Waals surface area contributed by atoms with E-state index in [9.17, 15) is 13.2 Å². The molecule has 7 nitrogen and oxygen atoms in total. The van der Waals surface area contributed by atoms with Crippen molar-refractivity contribution in [2.24, 2.45) is 0 Å². The van der Waals surface area contributed by atoms with Crippen molar-refractivity contribution < 1.29 is 27.4 Å². The van der Waals surface area contributed by atoms with Crippen molar-refractivity contribution in [1.82, 2.24) is 0 Å². The maximum absolute atomic E-state index is 13.3. The van der Waals surface area contributed by atoms with E-state index in [1.54, 1.807) is 17.5 Å². The van der Waals surface area contributed by atoms with Crippen LogP contribution in [-0.2, 0) is 14.6 Å². The second kappa shape index (κ2) is 8.65. The van der Waals surface area contributed by atoms with Crippen molar-refractivity contribution in [3.8, 4) is 17.2 Å². The van der Waals surface area contributed by atoms with E-state index in [2.05, 4.69) is 5.32 Å². The third-order valence-corrected chi connectivity index (χ3v) is 8.57. The number of fused-ring (bicyclic) bond motifs is 1. The first-order chi connectivity index (χ1) is 15.3. The summed E-state index contributed by atoms with van der Waals surface area (Å²) in [5.41, 5.74) is 1.00. The van der Waals surface area contributed by atoms with Gasteiger partial charge in [0.1, 0.15) is 4.90 Å². The van der Waals surface area contributed by atoms with Crippen LogP contribution in [0.5, 0.6) is 17.2 Å². The van der Waals surface area contributed by atoms with E-state index < -0.39 is 15.8 Å². The fourth-order valence-corrected chi connectivity index (χ4v) is 6.82. The Morgan fingerprint density at radius 2 is 1.69 bits per heavy atom. The first-order valence-corrected chi connectivity index (χ1v) is 12.3. The van der Waals surface area contributed by atoms with E-state index in [-0.39, 0.29) is 22.1 Å². The molecule has 0 unspecified atom stereocenters. The number of halogens is 1. The Morgan fingerprint density at radius 3 is 2.31 bits per heavy atom. The number of rotatable bonds is 6. The van der Waals surface area contributed by atoms with Gasteiger partial charge in [0.15, 0.2) is 11.5 Å². The van der Waals surface area contributed by atoms with Crippen molar-refractivity contribution in [1.29, 1.82) is 0 Å². The molecular formula is C22H20ClNO6S2. The zero-order valence-electron chi connectivity index (χ0n) is 17.5. The smallest absolute Gasteiger partial charge is 0.225 e. The zero-order chi connectivity index (χ0) is 23.0. The lowest BCUT2D eigenvalue weighted by Crippen LogP contribution is -2.23. The van der Waals surface area contributed by atoms with Gasteiger partial charge in [-0.25, -0.2) is 8.42 Å². The van der Waals surface area contributed by atoms with Crippen LogP contribution in [0.2, 0.25) is 5.02 Å². The lowest BCUT2D eigenvalue weighted by Gasteiger charge is -2.26. The molecule has 0 saturated heterocycles. The fraction of sp³-hybridized carbons (Fsp3) is 0.227. The Labute approximate surface area is 194 Å². The molecule has 0 spiro atoms. The normalized spacial score (nSPS) is 15.6. The fourth-order valence-electron chi connectivity index (χ4n) is 3.79. The number of thiophene rings is 1. The molecular weight excluding hydrogens is 474 g/mol. The number of carbonyl (C=O) groups is 1. The molecule has 10 heteroatoms. The van der Waals surface area contributed by atoms with Gasteiger partial charge in [0.25, 0.3) is 0 Å². The molecule has 0 bridgehead atoms. The number of sulfone groups is 1. The van der Waals surface area contributed by atoms with Crippen LogP contribution in [0.25, 0.3) is 0 Å². The Hall–Kier alpha value is -2.75. The standard InChI is InChI=1S/C22H20ClNO6S2/c1-28-16-9-8-14(20(29-2)21(16)30-3)15-10-18(25)24-19-17(11-31-22(15)19)32(26,27)13-6-4-12(23)5-7-13/h4-9,11,15H,10H2,1-3H3,(H,24,25)/t15-/m1/s1. The second-order valence-corrected chi connectivity index (χ2v) is 10.3. The van der Waals surface area contributed by atoms with Gasteiger partial charge in [0.05, 0.1) is 31.9 Å². The molecule has 4 rings (SSSR count). The van der Waals surface area contributed by atoms with Gasteiger partial charge in [-0.3, -0.25) is 4.79 Å². The van der Waals surface area contributed by atoms with Crippen molar-refractivity contribution in [3.63, 3.8) is 0 Å². The minimum Gasteiger partial charge on any atom is -0.493 e. The number of nitrogens with one attached hydrogen (secondary N) is 1. The lowest BCUT2D eigenvalue weighted by atomic mass is 9.89. The minimum absolute atomic E-state index is 0.0531. The number of hydrogen-bond donors (Lipinski definition) is 1. The molecule has 0 radical (unpaired) electrons. The molecule has 1 amide bonds. The number of hydrogen-bond acceptors (Lipinski definition) is 7. The number of ether oxygens (including phenoxy) is 3. The lowest BCUT2D eigenvalue weighted by molar-refractivity contribution is -0.116. The predicted molar refractivity (Wildman–Crippen MR) is 122 cm³/mol. The van der Waals surface area contributed by atoms with Crippen LogP contribution in [0.1, 0.15) is 22.8 Å². The zero-order valence-corrected chi connectivity index (χ0v) is 19.9. The van der Waals surface area contributed by atoms with Crippen LogP contribution < -0.4 is 19.5 Å². The maximum atomic E-state index is 13.3. The number of carbonyl (C=O) groups excluding carboxylic acids is 1. The first-order valence-electron chi connectivity index (χ1n) is 9.52. The van der Waals surface area contributed by atoms with E-state index in [4.69, 9.17) is 25.8 Å². The SMILES string of the molecule is COc1ccc([C@H]2CC(=O)Nc3c(S(=O)(=O)c4ccc(Cl)cc4)csc32)c(OC)c1OC. The van der Waals surface area contributed by atoms with Crippen molar-refractivity contribution in [2.45, 2.75) is 22.1 Å². The van der Waals surface area contributed by atoms with Crippen LogP contribution in [0.4, 0.5) is 5.69 Å². The van der Waals surface area contributed by atoms with Gasteiger partial charge < -0.3 is 19.5 Å². The van der Waals surface area contributed by atoms with E-state index in [0.717, 1.165) is 4.88 Å². The topological polar surface area (TPSA) is 90.9 Å². The molecule has 3 aromatic rings. The predicted octanol–water partition coefficient (Wildman–Crippen LogP) is 4.73. The van der Waals surface area contributed by atoms with E-state index >= 15 is 0 Å². The molecule has 1 atom stereocenters. The Balaban J connectivity index is 1.86. The molecule has 1 aliphatic rings. The molecule has 0 fully saturated rings. The third kappa shape index (κ3) is 3.70. The van der Waals surface area contributed by atoms with Crippen LogP contribution in [0, 0.1) is 0 Å². The molecule has 32 heavy (non-hydrogen) atoms.